The van der Waals surface area contributed by atoms with Crippen LogP contribution in [-0.4, -0.2) is 37.6 Å². The number of carbonyl (C=O) groups is 1. The van der Waals surface area contributed by atoms with E-state index in [-0.39, 0.29) is 11.4 Å². The van der Waals surface area contributed by atoms with Crippen LogP contribution in [-0.2, 0) is 5.41 Å². The highest BCUT2D eigenvalue weighted by Crippen LogP contribution is 2.47. The molecule has 4 nitrogen and oxygen atoms in total. The summed E-state index contributed by atoms with van der Waals surface area (Å²) in [6.07, 6.45) is 2.17. The zero-order chi connectivity index (χ0) is 19.2. The fourth-order valence-electron chi connectivity index (χ4n) is 4.36. The number of rotatable bonds is 1. The molecule has 0 bridgehead atoms. The van der Waals surface area contributed by atoms with Crippen molar-refractivity contribution in [3.8, 4) is 0 Å². The summed E-state index contributed by atoms with van der Waals surface area (Å²) in [6.45, 7) is 6.93. The number of hydrogen-bond donors (Lipinski definition) is 1. The molecule has 0 aliphatic carbocycles. The highest BCUT2D eigenvalue weighted by Gasteiger charge is 2.46. The molecule has 2 amide bonds. The first-order valence-electron chi connectivity index (χ1n) is 9.53. The Balaban J connectivity index is 1.66. The summed E-state index contributed by atoms with van der Waals surface area (Å²) in [5.74, 6) is 0. The van der Waals surface area contributed by atoms with Crippen LogP contribution in [0.2, 0.25) is 5.02 Å². The lowest BCUT2D eigenvalue weighted by atomic mass is 9.74. The van der Waals surface area contributed by atoms with Crippen molar-refractivity contribution >= 4 is 29.0 Å². The standard InChI is InChI=1S/C22H26ClN3O/c1-15-7-8-20-17(13-15)22(9-11-25(3)12-10-22)14-26(20)21(27)24-19-6-4-5-18(23)16(19)2/h4-8,13H,9-12,14H2,1-3H3,(H,24,27). The highest BCUT2D eigenvalue weighted by atomic mass is 35.5. The van der Waals surface area contributed by atoms with Crippen molar-refractivity contribution in [3.05, 3.63) is 58.1 Å². The number of carbonyl (C=O) groups excluding carboxylic acids is 1. The molecule has 1 saturated heterocycles. The van der Waals surface area contributed by atoms with Gasteiger partial charge in [0, 0.05) is 28.4 Å². The van der Waals surface area contributed by atoms with Gasteiger partial charge in [-0.15, -0.1) is 0 Å². The van der Waals surface area contributed by atoms with Crippen LogP contribution in [0.3, 0.4) is 0 Å². The molecule has 0 unspecified atom stereocenters. The maximum Gasteiger partial charge on any atom is 0.326 e. The number of fused-ring (bicyclic) bond motifs is 2. The molecule has 0 radical (unpaired) electrons. The number of urea groups is 1. The summed E-state index contributed by atoms with van der Waals surface area (Å²) in [5.41, 5.74) is 5.35. The number of anilines is 2. The molecule has 4 rings (SSSR count). The van der Waals surface area contributed by atoms with Crippen molar-refractivity contribution in [2.45, 2.75) is 32.1 Å². The molecule has 2 heterocycles. The van der Waals surface area contributed by atoms with Crippen molar-refractivity contribution in [1.29, 1.82) is 0 Å². The molecule has 0 saturated carbocycles. The molecule has 2 aliphatic rings. The second-order valence-corrected chi connectivity index (χ2v) is 8.44. The predicted octanol–water partition coefficient (Wildman–Crippen LogP) is 4.97. The van der Waals surface area contributed by atoms with Gasteiger partial charge in [-0.05, 0) is 76.2 Å². The Morgan fingerprint density at radius 3 is 2.63 bits per heavy atom. The molecule has 5 heteroatoms. The van der Waals surface area contributed by atoms with Gasteiger partial charge in [-0.2, -0.15) is 0 Å². The first kappa shape index (κ1) is 18.3. The summed E-state index contributed by atoms with van der Waals surface area (Å²) in [6, 6.07) is 12.0. The average molecular weight is 384 g/mol. The normalized spacial score (nSPS) is 18.6. The minimum Gasteiger partial charge on any atom is -0.307 e. The molecule has 142 valence electrons. The lowest BCUT2D eigenvalue weighted by Crippen LogP contribution is -2.45. The second kappa shape index (κ2) is 6.84. The first-order chi connectivity index (χ1) is 12.9. The number of aryl methyl sites for hydroxylation is 1. The Morgan fingerprint density at radius 1 is 1.15 bits per heavy atom. The van der Waals surface area contributed by atoms with E-state index in [0.717, 1.165) is 49.4 Å². The molecule has 1 spiro atoms. The molecule has 27 heavy (non-hydrogen) atoms. The minimum atomic E-state index is -0.0822. The minimum absolute atomic E-state index is 0.0641. The topological polar surface area (TPSA) is 35.6 Å². The van der Waals surface area contributed by atoms with Crippen molar-refractivity contribution in [2.24, 2.45) is 0 Å². The van der Waals surface area contributed by atoms with Crippen molar-refractivity contribution in [1.82, 2.24) is 4.90 Å². The lowest BCUT2D eigenvalue weighted by molar-refractivity contribution is 0.196. The fourth-order valence-corrected chi connectivity index (χ4v) is 4.54. The highest BCUT2D eigenvalue weighted by molar-refractivity contribution is 6.31. The first-order valence-corrected chi connectivity index (χ1v) is 9.91. The third-order valence-electron chi connectivity index (χ3n) is 6.17. The Hall–Kier alpha value is -2.04. The van der Waals surface area contributed by atoms with Gasteiger partial charge in [0.1, 0.15) is 0 Å². The van der Waals surface area contributed by atoms with Crippen molar-refractivity contribution in [3.63, 3.8) is 0 Å². The van der Waals surface area contributed by atoms with Gasteiger partial charge in [0.25, 0.3) is 0 Å². The summed E-state index contributed by atoms with van der Waals surface area (Å²) >= 11 is 6.22. The molecule has 0 atom stereocenters. The van der Waals surface area contributed by atoms with E-state index in [1.807, 2.05) is 30.0 Å². The molecular weight excluding hydrogens is 358 g/mol. The van der Waals surface area contributed by atoms with Crippen LogP contribution in [0.5, 0.6) is 0 Å². The number of halogens is 1. The molecule has 2 aromatic carbocycles. The number of amides is 2. The van der Waals surface area contributed by atoms with Gasteiger partial charge in [0.2, 0.25) is 0 Å². The van der Waals surface area contributed by atoms with E-state index in [1.54, 1.807) is 0 Å². The van der Waals surface area contributed by atoms with Crippen molar-refractivity contribution in [2.75, 3.05) is 36.9 Å². The number of likely N-dealkylation sites (tertiary alicyclic amines) is 1. The summed E-state index contributed by atoms with van der Waals surface area (Å²) in [7, 11) is 2.17. The fraction of sp³-hybridized carbons (Fsp3) is 0.409. The molecule has 0 aromatic heterocycles. The number of nitrogens with zero attached hydrogens (tertiary/aromatic N) is 2. The number of hydrogen-bond acceptors (Lipinski definition) is 2. The number of benzene rings is 2. The van der Waals surface area contributed by atoms with E-state index in [2.05, 4.69) is 42.4 Å². The summed E-state index contributed by atoms with van der Waals surface area (Å²) in [4.78, 5) is 17.5. The summed E-state index contributed by atoms with van der Waals surface area (Å²) in [5, 5.41) is 3.74. The zero-order valence-corrected chi connectivity index (χ0v) is 16.9. The largest absolute Gasteiger partial charge is 0.326 e. The van der Waals surface area contributed by atoms with Gasteiger partial charge in [-0.25, -0.2) is 4.79 Å². The third-order valence-corrected chi connectivity index (χ3v) is 6.58. The van der Waals surface area contributed by atoms with E-state index in [9.17, 15) is 4.79 Å². The lowest BCUT2D eigenvalue weighted by Gasteiger charge is -2.38. The summed E-state index contributed by atoms with van der Waals surface area (Å²) < 4.78 is 0. The van der Waals surface area contributed by atoms with Gasteiger partial charge in [0.05, 0.1) is 0 Å². The number of piperidine rings is 1. The Bertz CT molecular complexity index is 887. The van der Waals surface area contributed by atoms with E-state index >= 15 is 0 Å². The molecule has 1 N–H and O–H groups in total. The van der Waals surface area contributed by atoms with Gasteiger partial charge in [-0.1, -0.05) is 35.4 Å². The van der Waals surface area contributed by atoms with E-state index in [4.69, 9.17) is 11.6 Å². The predicted molar refractivity (Wildman–Crippen MR) is 112 cm³/mol. The van der Waals surface area contributed by atoms with Crippen LogP contribution in [0, 0.1) is 13.8 Å². The Kier molecular flexibility index (Phi) is 4.65. The third kappa shape index (κ3) is 3.21. The Morgan fingerprint density at radius 2 is 1.89 bits per heavy atom. The Labute approximate surface area is 166 Å². The van der Waals surface area contributed by atoms with Crippen LogP contribution < -0.4 is 10.2 Å². The number of nitrogens with one attached hydrogen (secondary N) is 1. The van der Waals surface area contributed by atoms with Crippen LogP contribution in [0.4, 0.5) is 16.2 Å². The zero-order valence-electron chi connectivity index (χ0n) is 16.2. The van der Waals surface area contributed by atoms with Crippen molar-refractivity contribution < 1.29 is 4.79 Å². The van der Waals surface area contributed by atoms with E-state index in [0.29, 0.717) is 5.02 Å². The van der Waals surface area contributed by atoms with Gasteiger partial charge in [-0.3, -0.25) is 4.90 Å². The maximum absolute atomic E-state index is 13.2. The monoisotopic (exact) mass is 383 g/mol. The smallest absolute Gasteiger partial charge is 0.307 e. The van der Waals surface area contributed by atoms with E-state index < -0.39 is 0 Å². The quantitative estimate of drug-likeness (QED) is 0.754. The van der Waals surface area contributed by atoms with Gasteiger partial charge >= 0.3 is 6.03 Å². The van der Waals surface area contributed by atoms with Gasteiger partial charge < -0.3 is 10.2 Å². The second-order valence-electron chi connectivity index (χ2n) is 8.03. The molecule has 2 aromatic rings. The molecular formula is C22H26ClN3O. The van der Waals surface area contributed by atoms with Crippen LogP contribution in [0.1, 0.15) is 29.5 Å². The maximum atomic E-state index is 13.2. The molecule has 1 fully saturated rings. The average Bonchev–Trinajstić information content (AvgIpc) is 2.95. The van der Waals surface area contributed by atoms with Crippen LogP contribution in [0.25, 0.3) is 0 Å². The van der Waals surface area contributed by atoms with Gasteiger partial charge in [0.15, 0.2) is 0 Å². The SMILES string of the molecule is Cc1ccc2c(c1)C1(CCN(C)CC1)CN2C(=O)Nc1cccc(Cl)c1C. The van der Waals surface area contributed by atoms with Crippen LogP contribution >= 0.6 is 11.6 Å². The molecule has 2 aliphatic heterocycles. The van der Waals surface area contributed by atoms with E-state index in [1.165, 1.54) is 11.1 Å². The van der Waals surface area contributed by atoms with Crippen LogP contribution in [0.15, 0.2) is 36.4 Å².